The van der Waals surface area contributed by atoms with E-state index in [0.29, 0.717) is 5.69 Å². The first-order valence-corrected chi connectivity index (χ1v) is 11.0. The average molecular weight is 411 g/mol. The van der Waals surface area contributed by atoms with E-state index in [4.69, 9.17) is 5.39 Å². The van der Waals surface area contributed by atoms with Gasteiger partial charge in [0, 0.05) is 40.5 Å². The van der Waals surface area contributed by atoms with Crippen molar-refractivity contribution in [3.05, 3.63) is 47.4 Å². The molecule has 0 fully saturated rings. The molecule has 3 aromatic rings. The topological polar surface area (TPSA) is 33.1 Å². The first kappa shape index (κ1) is 18.1. The van der Waals surface area contributed by atoms with Crippen molar-refractivity contribution >= 4 is 41.7 Å². The molecule has 0 saturated carbocycles. The van der Waals surface area contributed by atoms with Crippen molar-refractivity contribution in [3.8, 4) is 0 Å². The zero-order valence-electron chi connectivity index (χ0n) is 12.3. The normalized spacial score (nSPS) is 14.4. The number of hydrogen-bond donors (Lipinski definition) is 0. The number of aryl methyl sites for hydroxylation is 1. The molecular formula is C14H12AsF6N3. The van der Waals surface area contributed by atoms with E-state index in [-0.39, 0.29) is 0 Å². The van der Waals surface area contributed by atoms with Gasteiger partial charge in [0.2, 0.25) is 5.39 Å². The van der Waals surface area contributed by atoms with Crippen molar-refractivity contribution < 1.29 is 20.8 Å². The molecule has 0 aliphatic rings. The Balaban J connectivity index is 0.000000256. The van der Waals surface area contributed by atoms with Crippen LogP contribution in [-0.4, -0.2) is 18.7 Å². The Kier molecular flexibility index (Phi) is 3.89. The van der Waals surface area contributed by atoms with E-state index in [9.17, 15) is 20.8 Å². The molecule has 0 atom stereocenters. The van der Waals surface area contributed by atoms with Crippen LogP contribution in [0.1, 0.15) is 6.92 Å². The minimum atomic E-state index is -11.1. The standard InChI is InChI=1S/C14H12N3.AsF6/c1-2-17-13-6-4-3-5-11(13)12-9-10(16-15)7-8-14(12)17;2-1(3,4,5,6)7/h3-9H,2H2,1H3;/q+1;-1. The number of aromatic nitrogens is 1. The maximum absolute atomic E-state index is 11.1. The summed E-state index contributed by atoms with van der Waals surface area (Å²) in [5, 5.41) is 11.2. The van der Waals surface area contributed by atoms with Gasteiger partial charge in [0.15, 0.2) is 4.98 Å². The molecule has 3 nitrogen and oxygen atoms in total. The van der Waals surface area contributed by atoms with Crippen LogP contribution in [0.3, 0.4) is 0 Å². The van der Waals surface area contributed by atoms with Crippen molar-refractivity contribution in [2.24, 2.45) is 0 Å². The molecule has 0 N–H and O–H groups in total. The fourth-order valence-electron chi connectivity index (χ4n) is 2.44. The van der Waals surface area contributed by atoms with Gasteiger partial charge in [-0.25, -0.2) is 0 Å². The molecule has 130 valence electrons. The molecule has 10 heteroatoms. The summed E-state index contributed by atoms with van der Waals surface area (Å²) in [4.78, 5) is 3.25. The Morgan fingerprint density at radius 3 is 2.00 bits per heavy atom. The quantitative estimate of drug-likeness (QED) is 0.258. The third kappa shape index (κ3) is 4.90. The summed E-state index contributed by atoms with van der Waals surface area (Å²) in [6.45, 7) is 3.07. The van der Waals surface area contributed by atoms with Gasteiger partial charge in [0.1, 0.15) is 0 Å². The molecule has 1 heterocycles. The van der Waals surface area contributed by atoms with Crippen LogP contribution in [0.5, 0.6) is 0 Å². The van der Waals surface area contributed by atoms with Crippen LogP contribution in [0.4, 0.5) is 26.5 Å². The van der Waals surface area contributed by atoms with Gasteiger partial charge < -0.3 is 4.57 Å². The molecule has 2 aromatic carbocycles. The Morgan fingerprint density at radius 1 is 0.917 bits per heavy atom. The van der Waals surface area contributed by atoms with Gasteiger partial charge in [0.25, 0.3) is 0 Å². The van der Waals surface area contributed by atoms with Crippen LogP contribution in [0.2, 0.25) is 0 Å². The summed E-state index contributed by atoms with van der Waals surface area (Å²) in [6, 6.07) is 14.1. The molecule has 0 spiro atoms. The van der Waals surface area contributed by atoms with Gasteiger partial charge in [-0.1, -0.05) is 18.2 Å². The SMILES string of the molecule is CCn1c2ccccc2c2cc([N+]#N)ccc21.F[As-](F)(F)(F)(F)F. The number of rotatable bonds is 1. The van der Waals surface area contributed by atoms with E-state index in [0.717, 1.165) is 11.9 Å². The Bertz CT molecular complexity index is 943. The second-order valence-electron chi connectivity index (χ2n) is 5.02. The molecule has 0 bridgehead atoms. The molecule has 0 aliphatic heterocycles. The van der Waals surface area contributed by atoms with E-state index in [1.54, 1.807) is 0 Å². The van der Waals surface area contributed by atoms with Gasteiger partial charge in [-0.2, -0.15) is 0 Å². The van der Waals surface area contributed by atoms with Crippen LogP contribution in [-0.2, 0) is 6.54 Å². The second kappa shape index (κ2) is 5.15. The summed E-state index contributed by atoms with van der Waals surface area (Å²) in [5.74, 6) is 0. The predicted octanol–water partition coefficient (Wildman–Crippen LogP) is 6.44. The third-order valence-corrected chi connectivity index (χ3v) is 3.19. The molecule has 3 rings (SSSR count). The average Bonchev–Trinajstić information content (AvgIpc) is 2.77. The van der Waals surface area contributed by atoms with Gasteiger partial charge in [-0.05, 0) is 19.1 Å². The van der Waals surface area contributed by atoms with Crippen LogP contribution in [0.15, 0.2) is 42.5 Å². The van der Waals surface area contributed by atoms with Crippen molar-refractivity contribution in [2.45, 2.75) is 13.5 Å². The molecule has 1 aromatic heterocycles. The number of fused-ring (bicyclic) bond motifs is 3. The van der Waals surface area contributed by atoms with E-state index in [1.165, 1.54) is 16.4 Å². The van der Waals surface area contributed by atoms with Crippen LogP contribution < -0.4 is 0 Å². The van der Waals surface area contributed by atoms with Crippen molar-refractivity contribution in [1.29, 1.82) is 5.39 Å². The van der Waals surface area contributed by atoms with Crippen LogP contribution in [0.25, 0.3) is 26.8 Å². The monoisotopic (exact) mass is 411 g/mol. The zero-order valence-corrected chi connectivity index (χ0v) is 14.2. The second-order valence-corrected chi connectivity index (χ2v) is 9.04. The van der Waals surface area contributed by atoms with Gasteiger partial charge in [-0.3, -0.25) is 0 Å². The van der Waals surface area contributed by atoms with E-state index >= 15 is 0 Å². The van der Waals surface area contributed by atoms with Gasteiger partial charge >= 0.3 is 40.7 Å². The van der Waals surface area contributed by atoms with E-state index in [1.807, 2.05) is 30.3 Å². The predicted molar refractivity (Wildman–Crippen MR) is 82.3 cm³/mol. The van der Waals surface area contributed by atoms with Crippen molar-refractivity contribution in [1.82, 2.24) is 4.57 Å². The maximum atomic E-state index is 9.91. The van der Waals surface area contributed by atoms with E-state index < -0.39 is 14.2 Å². The number of nitrogens with zero attached hydrogens (tertiary/aromatic N) is 3. The summed E-state index contributed by atoms with van der Waals surface area (Å²) < 4.78 is 61.7. The van der Waals surface area contributed by atoms with E-state index in [2.05, 4.69) is 28.6 Å². The summed E-state index contributed by atoms with van der Waals surface area (Å²) >= 11 is -11.1. The number of para-hydroxylation sites is 1. The van der Waals surface area contributed by atoms with Crippen molar-refractivity contribution in [2.75, 3.05) is 0 Å². The number of benzene rings is 2. The van der Waals surface area contributed by atoms with Crippen LogP contribution in [0, 0.1) is 5.39 Å². The first-order chi connectivity index (χ1) is 10.8. The van der Waals surface area contributed by atoms with Crippen molar-refractivity contribution in [3.63, 3.8) is 0 Å². The van der Waals surface area contributed by atoms with Gasteiger partial charge in [-0.15, -0.1) is 0 Å². The molecule has 0 aliphatic carbocycles. The molecule has 24 heavy (non-hydrogen) atoms. The molecular weight excluding hydrogens is 399 g/mol. The van der Waals surface area contributed by atoms with Gasteiger partial charge in [0.05, 0.1) is 0 Å². The minimum absolute atomic E-state index is 0.594. The molecule has 0 unspecified atom stereocenters. The number of halogens is 6. The number of hydrogen-bond acceptors (Lipinski definition) is 1. The first-order valence-electron chi connectivity index (χ1n) is 6.72. The number of diazo groups is 1. The molecule has 0 amide bonds. The summed E-state index contributed by atoms with van der Waals surface area (Å²) in [5.41, 5.74) is 3.00. The Morgan fingerprint density at radius 2 is 1.46 bits per heavy atom. The molecule has 0 saturated heterocycles. The summed E-state index contributed by atoms with van der Waals surface area (Å²) in [7, 11) is 0. The third-order valence-electron chi connectivity index (χ3n) is 3.19. The van der Waals surface area contributed by atoms with Crippen LogP contribution >= 0.6 is 0 Å². The molecule has 0 radical (unpaired) electrons. The Labute approximate surface area is 134 Å². The Hall–Kier alpha value is -2.20. The fraction of sp³-hybridized carbons (Fsp3) is 0.143. The summed E-state index contributed by atoms with van der Waals surface area (Å²) in [6.07, 6.45) is 0. The fourth-order valence-corrected chi connectivity index (χ4v) is 2.44. The zero-order chi connectivity index (χ0) is 18.2.